The molecule has 1 aliphatic carbocycles. The molecule has 1 aromatic rings. The maximum atomic E-state index is 11.9. The van der Waals surface area contributed by atoms with Gasteiger partial charge in [0.2, 0.25) is 5.91 Å². The Kier molecular flexibility index (Phi) is 6.12. The van der Waals surface area contributed by atoms with Crippen molar-refractivity contribution in [1.82, 2.24) is 10.3 Å². The van der Waals surface area contributed by atoms with Crippen LogP contribution in [0.1, 0.15) is 38.2 Å². The van der Waals surface area contributed by atoms with Gasteiger partial charge in [-0.15, -0.1) is 0 Å². The smallest absolute Gasteiger partial charge is 0.244 e. The largest absolute Gasteiger partial charge is 0.350 e. The summed E-state index contributed by atoms with van der Waals surface area (Å²) in [5.74, 6) is 1.16. The van der Waals surface area contributed by atoms with Crippen LogP contribution in [0.15, 0.2) is 30.6 Å². The van der Waals surface area contributed by atoms with Gasteiger partial charge in [-0.05, 0) is 42.7 Å². The van der Waals surface area contributed by atoms with Gasteiger partial charge in [0.25, 0.3) is 0 Å². The molecule has 3 nitrogen and oxygen atoms in total. The van der Waals surface area contributed by atoms with E-state index in [1.54, 1.807) is 18.5 Å². The Hall–Kier alpha value is -1.29. The molecular formula is C16H22N2OS. The van der Waals surface area contributed by atoms with E-state index >= 15 is 0 Å². The monoisotopic (exact) mass is 290 g/mol. The predicted molar refractivity (Wildman–Crippen MR) is 85.6 cm³/mol. The van der Waals surface area contributed by atoms with Crippen molar-refractivity contribution in [1.29, 1.82) is 0 Å². The van der Waals surface area contributed by atoms with Crippen LogP contribution in [0.3, 0.4) is 0 Å². The number of nitrogens with zero attached hydrogens (tertiary/aromatic N) is 1. The van der Waals surface area contributed by atoms with E-state index in [1.807, 2.05) is 30.0 Å². The number of thioether (sulfide) groups is 1. The quantitative estimate of drug-likeness (QED) is 0.846. The molecule has 1 saturated carbocycles. The van der Waals surface area contributed by atoms with Crippen molar-refractivity contribution in [2.45, 2.75) is 43.9 Å². The molecule has 1 heterocycles. The third-order valence-corrected chi connectivity index (χ3v) is 4.72. The minimum atomic E-state index is 0.000927. The second-order valence-electron chi connectivity index (χ2n) is 5.07. The molecule has 0 unspecified atom stereocenters. The zero-order valence-corrected chi connectivity index (χ0v) is 12.7. The van der Waals surface area contributed by atoms with Crippen molar-refractivity contribution in [3.05, 3.63) is 36.2 Å². The number of hydrogen-bond donors (Lipinski definition) is 1. The highest BCUT2D eigenvalue weighted by Gasteiger charge is 2.22. The van der Waals surface area contributed by atoms with E-state index in [4.69, 9.17) is 0 Å². The lowest BCUT2D eigenvalue weighted by atomic mass is 9.95. The van der Waals surface area contributed by atoms with Crippen LogP contribution in [0.5, 0.6) is 0 Å². The summed E-state index contributed by atoms with van der Waals surface area (Å²) in [4.78, 5) is 15.9. The number of carbonyl (C=O) groups is 1. The van der Waals surface area contributed by atoms with E-state index < -0.39 is 0 Å². The van der Waals surface area contributed by atoms with Crippen molar-refractivity contribution in [3.8, 4) is 0 Å². The summed E-state index contributed by atoms with van der Waals surface area (Å²) < 4.78 is 0. The lowest BCUT2D eigenvalue weighted by molar-refractivity contribution is -0.117. The van der Waals surface area contributed by atoms with E-state index in [0.29, 0.717) is 11.3 Å². The van der Waals surface area contributed by atoms with Crippen LogP contribution < -0.4 is 5.32 Å². The summed E-state index contributed by atoms with van der Waals surface area (Å²) >= 11 is 2.02. The van der Waals surface area contributed by atoms with E-state index in [-0.39, 0.29) is 5.91 Å². The summed E-state index contributed by atoms with van der Waals surface area (Å²) in [6.07, 6.45) is 11.6. The Morgan fingerprint density at radius 3 is 3.20 bits per heavy atom. The maximum Gasteiger partial charge on any atom is 0.244 e. The maximum absolute atomic E-state index is 11.9. The third-order valence-electron chi connectivity index (χ3n) is 3.49. The summed E-state index contributed by atoms with van der Waals surface area (Å²) in [6, 6.07) is 4.13. The van der Waals surface area contributed by atoms with Gasteiger partial charge in [0, 0.05) is 29.8 Å². The molecule has 1 fully saturated rings. The first-order valence-corrected chi connectivity index (χ1v) is 8.33. The van der Waals surface area contributed by atoms with Crippen molar-refractivity contribution in [3.63, 3.8) is 0 Å². The molecule has 0 aliphatic heterocycles. The van der Waals surface area contributed by atoms with E-state index in [0.717, 1.165) is 24.2 Å². The molecule has 108 valence electrons. The molecule has 0 aromatic carbocycles. The Morgan fingerprint density at radius 1 is 1.55 bits per heavy atom. The van der Waals surface area contributed by atoms with Crippen LogP contribution in [0.2, 0.25) is 0 Å². The van der Waals surface area contributed by atoms with Crippen LogP contribution in [0.4, 0.5) is 0 Å². The number of amides is 1. The van der Waals surface area contributed by atoms with E-state index in [9.17, 15) is 4.79 Å². The minimum Gasteiger partial charge on any atom is -0.350 e. The lowest BCUT2D eigenvalue weighted by Gasteiger charge is -2.28. The van der Waals surface area contributed by atoms with Gasteiger partial charge in [0.1, 0.15) is 0 Å². The number of aromatic nitrogens is 1. The van der Waals surface area contributed by atoms with Gasteiger partial charge in [-0.25, -0.2) is 0 Å². The SMILES string of the molecule is CCS[C@@H]1CCC[C@@H](NC(=O)/C=C/c2cccnc2)C1. The topological polar surface area (TPSA) is 42.0 Å². The molecule has 0 saturated heterocycles. The number of rotatable bonds is 5. The Balaban J connectivity index is 1.80. The number of carbonyl (C=O) groups excluding carboxylic acids is 1. The first kappa shape index (κ1) is 15.1. The molecule has 1 amide bonds. The predicted octanol–water partition coefficient (Wildman–Crippen LogP) is 3.28. The Bertz CT molecular complexity index is 445. The van der Waals surface area contributed by atoms with E-state index in [1.165, 1.54) is 12.8 Å². The summed E-state index contributed by atoms with van der Waals surface area (Å²) in [7, 11) is 0. The molecular weight excluding hydrogens is 268 g/mol. The summed E-state index contributed by atoms with van der Waals surface area (Å²) in [6.45, 7) is 2.20. The van der Waals surface area contributed by atoms with Crippen LogP contribution in [0.25, 0.3) is 6.08 Å². The molecule has 0 spiro atoms. The van der Waals surface area contributed by atoms with Gasteiger partial charge >= 0.3 is 0 Å². The second kappa shape index (κ2) is 8.10. The number of hydrogen-bond acceptors (Lipinski definition) is 3. The van der Waals surface area contributed by atoms with Crippen molar-refractivity contribution in [2.24, 2.45) is 0 Å². The Labute approximate surface area is 125 Å². The Morgan fingerprint density at radius 2 is 2.45 bits per heavy atom. The highest BCUT2D eigenvalue weighted by atomic mass is 32.2. The first-order chi connectivity index (χ1) is 9.78. The average Bonchev–Trinajstić information content (AvgIpc) is 2.47. The molecule has 20 heavy (non-hydrogen) atoms. The zero-order chi connectivity index (χ0) is 14.2. The van der Waals surface area contributed by atoms with Gasteiger partial charge in [-0.3, -0.25) is 9.78 Å². The van der Waals surface area contributed by atoms with Crippen LogP contribution in [-0.2, 0) is 4.79 Å². The van der Waals surface area contributed by atoms with Crippen LogP contribution in [-0.4, -0.2) is 27.9 Å². The van der Waals surface area contributed by atoms with Crippen molar-refractivity contribution in [2.75, 3.05) is 5.75 Å². The van der Waals surface area contributed by atoms with Gasteiger partial charge in [-0.2, -0.15) is 11.8 Å². The van der Waals surface area contributed by atoms with E-state index in [2.05, 4.69) is 17.2 Å². The highest BCUT2D eigenvalue weighted by Crippen LogP contribution is 2.28. The minimum absolute atomic E-state index is 0.000927. The average molecular weight is 290 g/mol. The van der Waals surface area contributed by atoms with Crippen molar-refractivity contribution < 1.29 is 4.79 Å². The van der Waals surface area contributed by atoms with Crippen LogP contribution >= 0.6 is 11.8 Å². The molecule has 2 atom stereocenters. The molecule has 0 bridgehead atoms. The fraction of sp³-hybridized carbons (Fsp3) is 0.500. The zero-order valence-electron chi connectivity index (χ0n) is 11.9. The molecule has 0 radical (unpaired) electrons. The van der Waals surface area contributed by atoms with Gasteiger partial charge in [0.15, 0.2) is 0 Å². The molecule has 1 aliphatic rings. The van der Waals surface area contributed by atoms with Gasteiger partial charge in [-0.1, -0.05) is 19.4 Å². The lowest BCUT2D eigenvalue weighted by Crippen LogP contribution is -2.38. The normalized spacial score (nSPS) is 22.9. The third kappa shape index (κ3) is 5.00. The van der Waals surface area contributed by atoms with Gasteiger partial charge < -0.3 is 5.32 Å². The highest BCUT2D eigenvalue weighted by molar-refractivity contribution is 7.99. The number of nitrogens with one attached hydrogen (secondary N) is 1. The van der Waals surface area contributed by atoms with Crippen molar-refractivity contribution >= 4 is 23.7 Å². The summed E-state index contributed by atoms with van der Waals surface area (Å²) in [5, 5.41) is 3.83. The number of pyridine rings is 1. The molecule has 1 aromatic heterocycles. The molecule has 1 N–H and O–H groups in total. The molecule has 4 heteroatoms. The van der Waals surface area contributed by atoms with Crippen LogP contribution in [0, 0.1) is 0 Å². The fourth-order valence-corrected chi connectivity index (χ4v) is 3.73. The fourth-order valence-electron chi connectivity index (χ4n) is 2.56. The summed E-state index contributed by atoms with van der Waals surface area (Å²) in [5.41, 5.74) is 0.950. The molecule has 2 rings (SSSR count). The first-order valence-electron chi connectivity index (χ1n) is 7.28. The van der Waals surface area contributed by atoms with Gasteiger partial charge in [0.05, 0.1) is 0 Å². The second-order valence-corrected chi connectivity index (χ2v) is 6.65. The standard InChI is InChI=1S/C16H22N2OS/c1-2-20-15-7-3-6-14(11-15)18-16(19)9-8-13-5-4-10-17-12-13/h4-5,8-10,12,14-15H,2-3,6-7,11H2,1H3,(H,18,19)/b9-8+/t14-,15-/m1/s1.